The number of piperazine rings is 1. The molecule has 0 spiro atoms. The number of ketones is 2. The maximum absolute atomic E-state index is 13.5. The van der Waals surface area contributed by atoms with E-state index in [0.717, 1.165) is 80.9 Å². The van der Waals surface area contributed by atoms with Crippen molar-refractivity contribution in [3.05, 3.63) is 99.1 Å². The Kier molecular flexibility index (Phi) is 7.76. The number of aromatic nitrogens is 2. The van der Waals surface area contributed by atoms with E-state index >= 15 is 0 Å². The number of hydrogen-bond acceptors (Lipinski definition) is 8. The Morgan fingerprint density at radius 3 is 2.11 bits per heavy atom. The van der Waals surface area contributed by atoms with Gasteiger partial charge in [-0.3, -0.25) is 18.8 Å². The Bertz CT molecular complexity index is 1980. The molecule has 2 N–H and O–H groups in total. The molecule has 224 valence electrons. The van der Waals surface area contributed by atoms with Gasteiger partial charge in [0.25, 0.3) is 0 Å². The van der Waals surface area contributed by atoms with Gasteiger partial charge >= 0.3 is 0 Å². The summed E-state index contributed by atoms with van der Waals surface area (Å²) in [5, 5.41) is 8.03. The number of para-hydroxylation sites is 1. The molecule has 10 heteroatoms. The van der Waals surface area contributed by atoms with Gasteiger partial charge < -0.3 is 20.4 Å². The Morgan fingerprint density at radius 2 is 1.39 bits per heavy atom. The van der Waals surface area contributed by atoms with Crippen molar-refractivity contribution in [3.8, 4) is 0 Å². The van der Waals surface area contributed by atoms with Crippen molar-refractivity contribution in [2.24, 2.45) is 0 Å². The van der Waals surface area contributed by atoms with Gasteiger partial charge in [-0.2, -0.15) is 0 Å². The Labute approximate surface area is 259 Å². The normalized spacial score (nSPS) is 16.4. The largest absolute Gasteiger partial charge is 0.384 e. The van der Waals surface area contributed by atoms with Gasteiger partial charge in [0.1, 0.15) is 17.1 Å². The van der Waals surface area contributed by atoms with Crippen LogP contribution in [0.25, 0.3) is 27.3 Å². The molecule has 0 bridgehead atoms. The number of halogens is 1. The van der Waals surface area contributed by atoms with Crippen LogP contribution in [0.2, 0.25) is 0 Å². The van der Waals surface area contributed by atoms with Crippen molar-refractivity contribution in [2.75, 3.05) is 57.7 Å². The molecule has 44 heavy (non-hydrogen) atoms. The number of allylic oxidation sites excluding steroid dienone is 2. The number of nitrogens with one attached hydrogen (secondary N) is 2. The van der Waals surface area contributed by atoms with E-state index in [1.807, 2.05) is 40.8 Å². The summed E-state index contributed by atoms with van der Waals surface area (Å²) >= 11 is 6.26. The van der Waals surface area contributed by atoms with Gasteiger partial charge in [0.05, 0.1) is 21.9 Å². The Morgan fingerprint density at radius 1 is 0.750 bits per heavy atom. The Balaban J connectivity index is 0.868. The first-order valence-electron chi connectivity index (χ1n) is 15.2. The molecule has 2 aliphatic rings. The number of hydrogen-bond donors (Lipinski definition) is 2. The zero-order valence-electron chi connectivity index (χ0n) is 24.3. The van der Waals surface area contributed by atoms with Gasteiger partial charge in [0, 0.05) is 61.5 Å². The lowest BCUT2D eigenvalue weighted by molar-refractivity contribution is 0.0974. The summed E-state index contributed by atoms with van der Waals surface area (Å²) in [7, 11) is 0. The van der Waals surface area contributed by atoms with Crippen LogP contribution in [0.4, 0.5) is 5.69 Å². The summed E-state index contributed by atoms with van der Waals surface area (Å²) < 4.78 is 2.02. The number of benzene rings is 3. The van der Waals surface area contributed by atoms with Crippen LogP contribution in [0.5, 0.6) is 0 Å². The summed E-state index contributed by atoms with van der Waals surface area (Å²) in [4.78, 5) is 48.3. The number of imidazole rings is 1. The number of carbonyl (C=O) groups excluding carboxylic acids is 2. The molecule has 0 atom stereocenters. The number of carbonyl (C=O) groups is 2. The molecule has 5 aromatic rings. The van der Waals surface area contributed by atoms with Crippen molar-refractivity contribution in [1.82, 2.24) is 24.5 Å². The van der Waals surface area contributed by atoms with Crippen LogP contribution in [0.1, 0.15) is 33.6 Å². The third-order valence-electron chi connectivity index (χ3n) is 8.79. The van der Waals surface area contributed by atoms with Gasteiger partial charge in [-0.25, -0.2) is 4.98 Å². The fourth-order valence-electron chi connectivity index (χ4n) is 6.46. The van der Waals surface area contributed by atoms with Gasteiger partial charge in [0.15, 0.2) is 5.43 Å². The van der Waals surface area contributed by atoms with E-state index in [-0.39, 0.29) is 27.7 Å². The molecule has 0 saturated carbocycles. The standard InChI is InChI=1S/C34H33ClN6O3/c35-29-30(34(44)23-8-2-1-7-22(23)33(29)43)37-14-6-16-40-19-17-39(18-20-40)15-5-13-36-25-11-12-26-31-28(25)32(42)24-9-3-4-10-27(24)41(31)21-38-26/h1-4,7-12,21,36-37H,5-6,13-20H2. The first kappa shape index (κ1) is 28.5. The lowest BCUT2D eigenvalue weighted by Gasteiger charge is -2.34. The number of pyridine rings is 1. The quantitative estimate of drug-likeness (QED) is 0.178. The predicted molar refractivity (Wildman–Crippen MR) is 174 cm³/mol. The van der Waals surface area contributed by atoms with E-state index in [4.69, 9.17) is 11.6 Å². The summed E-state index contributed by atoms with van der Waals surface area (Å²) in [6.07, 6.45) is 3.61. The summed E-state index contributed by atoms with van der Waals surface area (Å²) in [6.45, 7) is 7.21. The number of rotatable bonds is 10. The average Bonchev–Trinajstić information content (AvgIpc) is 3.49. The topological polar surface area (TPSA) is 99.1 Å². The predicted octanol–water partition coefficient (Wildman–Crippen LogP) is 4.37. The van der Waals surface area contributed by atoms with Crippen molar-refractivity contribution in [2.45, 2.75) is 12.8 Å². The summed E-state index contributed by atoms with van der Waals surface area (Å²) in [5.74, 6) is -0.532. The summed E-state index contributed by atoms with van der Waals surface area (Å²) in [6, 6.07) is 18.4. The molecule has 1 fully saturated rings. The first-order valence-corrected chi connectivity index (χ1v) is 15.5. The minimum atomic E-state index is -0.307. The van der Waals surface area contributed by atoms with Gasteiger partial charge in [-0.1, -0.05) is 48.0 Å². The van der Waals surface area contributed by atoms with Crippen molar-refractivity contribution >= 4 is 56.2 Å². The van der Waals surface area contributed by atoms with E-state index in [0.29, 0.717) is 28.4 Å². The lowest BCUT2D eigenvalue weighted by atomic mass is 9.92. The zero-order valence-corrected chi connectivity index (χ0v) is 25.1. The van der Waals surface area contributed by atoms with Crippen LogP contribution in [-0.2, 0) is 0 Å². The molecule has 1 aliphatic heterocycles. The second-order valence-corrected chi connectivity index (χ2v) is 11.8. The van der Waals surface area contributed by atoms with Crippen molar-refractivity contribution in [3.63, 3.8) is 0 Å². The maximum Gasteiger partial charge on any atom is 0.211 e. The van der Waals surface area contributed by atoms with E-state index in [2.05, 4.69) is 25.4 Å². The maximum atomic E-state index is 13.5. The molecular weight excluding hydrogens is 576 g/mol. The van der Waals surface area contributed by atoms with Crippen LogP contribution in [0.15, 0.2) is 82.5 Å². The highest BCUT2D eigenvalue weighted by atomic mass is 35.5. The SMILES string of the molecule is O=C1C(Cl)=C(NCCCN2CCN(CCCNc3ccc4ncn5c6ccccc6c(=O)c3c45)CC2)C(=O)c2ccccc21. The fourth-order valence-corrected chi connectivity index (χ4v) is 6.71. The van der Waals surface area contributed by atoms with Crippen LogP contribution in [0.3, 0.4) is 0 Å². The van der Waals surface area contributed by atoms with Crippen LogP contribution in [-0.4, -0.2) is 83.1 Å². The molecule has 1 aliphatic carbocycles. The van der Waals surface area contributed by atoms with Gasteiger partial charge in [-0.15, -0.1) is 0 Å². The van der Waals surface area contributed by atoms with Crippen LogP contribution < -0.4 is 16.1 Å². The molecule has 2 aromatic heterocycles. The highest BCUT2D eigenvalue weighted by molar-refractivity contribution is 6.49. The smallest absolute Gasteiger partial charge is 0.211 e. The molecule has 3 heterocycles. The molecule has 3 aromatic carbocycles. The molecule has 0 radical (unpaired) electrons. The van der Waals surface area contributed by atoms with E-state index in [1.165, 1.54) is 0 Å². The number of anilines is 1. The lowest BCUT2D eigenvalue weighted by Crippen LogP contribution is -2.47. The Hall–Kier alpha value is -4.31. The molecule has 9 nitrogen and oxygen atoms in total. The minimum absolute atomic E-state index is 0.0275. The summed E-state index contributed by atoms with van der Waals surface area (Å²) in [5.41, 5.74) is 4.44. The minimum Gasteiger partial charge on any atom is -0.384 e. The molecular formula is C34H33ClN6O3. The zero-order chi connectivity index (χ0) is 30.2. The van der Waals surface area contributed by atoms with Gasteiger partial charge in [-0.05, 0) is 50.2 Å². The van der Waals surface area contributed by atoms with Crippen LogP contribution >= 0.6 is 11.6 Å². The number of nitrogens with zero attached hydrogens (tertiary/aromatic N) is 4. The second-order valence-electron chi connectivity index (χ2n) is 11.5. The first-order chi connectivity index (χ1) is 21.5. The molecule has 7 rings (SSSR count). The highest BCUT2D eigenvalue weighted by Crippen LogP contribution is 2.29. The van der Waals surface area contributed by atoms with E-state index in [9.17, 15) is 14.4 Å². The highest BCUT2D eigenvalue weighted by Gasteiger charge is 2.31. The van der Waals surface area contributed by atoms with E-state index in [1.54, 1.807) is 30.6 Å². The average molecular weight is 609 g/mol. The monoisotopic (exact) mass is 608 g/mol. The van der Waals surface area contributed by atoms with Gasteiger partial charge in [0.2, 0.25) is 11.6 Å². The third-order valence-corrected chi connectivity index (χ3v) is 9.15. The van der Waals surface area contributed by atoms with E-state index < -0.39 is 0 Å². The van der Waals surface area contributed by atoms with Crippen LogP contribution in [0, 0.1) is 0 Å². The fraction of sp³-hybridized carbons (Fsp3) is 0.294. The van der Waals surface area contributed by atoms with Crippen molar-refractivity contribution < 1.29 is 9.59 Å². The number of fused-ring (bicyclic) bond motifs is 3. The van der Waals surface area contributed by atoms with Crippen molar-refractivity contribution in [1.29, 1.82) is 0 Å². The molecule has 0 amide bonds. The number of Topliss-reactive ketones (excluding diaryl/α,β-unsaturated/α-hetero) is 2. The third kappa shape index (κ3) is 5.11. The second kappa shape index (κ2) is 12.0. The molecule has 0 unspecified atom stereocenters. The molecule has 1 saturated heterocycles.